The summed E-state index contributed by atoms with van der Waals surface area (Å²) in [6.45, 7) is 0. The fraction of sp³-hybridized carbons (Fsp3) is 0.0526. The highest BCUT2D eigenvalue weighted by Crippen LogP contribution is 2.38. The minimum atomic E-state index is -0.351. The van der Waals surface area contributed by atoms with Crippen molar-refractivity contribution >= 4 is 44.9 Å². The van der Waals surface area contributed by atoms with Crippen molar-refractivity contribution in [1.29, 1.82) is 0 Å². The van der Waals surface area contributed by atoms with Crippen LogP contribution in [0.25, 0.3) is 0 Å². The van der Waals surface area contributed by atoms with Gasteiger partial charge >= 0.3 is 0 Å². The van der Waals surface area contributed by atoms with Crippen LogP contribution in [0.5, 0.6) is 0 Å². The first-order valence-corrected chi connectivity index (χ1v) is 8.87. The molecule has 1 aromatic heterocycles. The van der Waals surface area contributed by atoms with Crippen LogP contribution in [0, 0.1) is 0 Å². The van der Waals surface area contributed by atoms with E-state index in [-0.39, 0.29) is 12.1 Å². The fourth-order valence-electron chi connectivity index (χ4n) is 2.93. The molecule has 3 aromatic rings. The van der Waals surface area contributed by atoms with E-state index in [4.69, 9.17) is 11.6 Å². The van der Waals surface area contributed by atoms with Crippen LogP contribution in [0.2, 0.25) is 5.02 Å². The van der Waals surface area contributed by atoms with E-state index in [0.717, 1.165) is 15.7 Å². The number of amides is 1. The SMILES string of the molecule is O=C1c2ccccc2[C@@H](Nc2ccccc2Br)N1c1ccc(Cl)cn1. The fourth-order valence-corrected chi connectivity index (χ4v) is 3.44. The van der Waals surface area contributed by atoms with E-state index in [9.17, 15) is 4.79 Å². The summed E-state index contributed by atoms with van der Waals surface area (Å²) in [5.41, 5.74) is 2.49. The minimum absolute atomic E-state index is 0.0880. The molecule has 1 amide bonds. The Morgan fingerprint density at radius 2 is 1.80 bits per heavy atom. The summed E-state index contributed by atoms with van der Waals surface area (Å²) in [5.74, 6) is 0.463. The molecule has 25 heavy (non-hydrogen) atoms. The molecule has 1 aliphatic heterocycles. The maximum atomic E-state index is 13.0. The molecule has 0 saturated carbocycles. The standard InChI is InChI=1S/C19H13BrClN3O/c20-15-7-3-4-8-16(15)23-18-13-5-1-2-6-14(13)19(25)24(18)17-10-9-12(21)11-22-17/h1-11,18,23H/t18-/m0/s1. The summed E-state index contributed by atoms with van der Waals surface area (Å²) >= 11 is 9.49. The lowest BCUT2D eigenvalue weighted by atomic mass is 10.1. The quantitative estimate of drug-likeness (QED) is 0.635. The first-order chi connectivity index (χ1) is 12.1. The van der Waals surface area contributed by atoms with Gasteiger partial charge in [0, 0.05) is 21.8 Å². The Labute approximate surface area is 158 Å². The number of carbonyl (C=O) groups excluding carboxylic acids is 1. The van der Waals surface area contributed by atoms with Crippen LogP contribution in [0.1, 0.15) is 22.1 Å². The van der Waals surface area contributed by atoms with Gasteiger partial charge in [0.15, 0.2) is 0 Å². The van der Waals surface area contributed by atoms with Gasteiger partial charge in [0.05, 0.1) is 10.7 Å². The molecular weight excluding hydrogens is 402 g/mol. The van der Waals surface area contributed by atoms with Crippen molar-refractivity contribution in [2.24, 2.45) is 0 Å². The first kappa shape index (κ1) is 16.1. The van der Waals surface area contributed by atoms with Gasteiger partial charge in [-0.25, -0.2) is 4.98 Å². The van der Waals surface area contributed by atoms with Crippen LogP contribution < -0.4 is 10.2 Å². The highest BCUT2D eigenvalue weighted by molar-refractivity contribution is 9.10. The first-order valence-electron chi connectivity index (χ1n) is 7.70. The molecule has 2 aromatic carbocycles. The summed E-state index contributed by atoms with van der Waals surface area (Å²) in [5, 5.41) is 3.97. The van der Waals surface area contributed by atoms with Crippen molar-refractivity contribution in [1.82, 2.24) is 4.98 Å². The lowest BCUT2D eigenvalue weighted by molar-refractivity contribution is 0.0992. The zero-order chi connectivity index (χ0) is 17.4. The van der Waals surface area contributed by atoms with Crippen LogP contribution in [-0.2, 0) is 0 Å². The predicted octanol–water partition coefficient (Wildman–Crippen LogP) is 5.27. The number of fused-ring (bicyclic) bond motifs is 1. The Hall–Kier alpha value is -2.37. The normalized spacial score (nSPS) is 16.0. The monoisotopic (exact) mass is 413 g/mol. The van der Waals surface area contributed by atoms with E-state index >= 15 is 0 Å². The van der Waals surface area contributed by atoms with Gasteiger partial charge in [-0.3, -0.25) is 9.69 Å². The summed E-state index contributed by atoms with van der Waals surface area (Å²) in [6.07, 6.45) is 1.19. The molecule has 0 radical (unpaired) electrons. The average Bonchev–Trinajstić information content (AvgIpc) is 2.90. The number of carbonyl (C=O) groups is 1. The molecule has 1 atom stereocenters. The second kappa shape index (κ2) is 6.50. The zero-order valence-corrected chi connectivity index (χ0v) is 15.3. The van der Waals surface area contributed by atoms with Gasteiger partial charge in [-0.2, -0.15) is 0 Å². The van der Waals surface area contributed by atoms with Gasteiger partial charge in [-0.05, 0) is 46.3 Å². The third kappa shape index (κ3) is 2.90. The van der Waals surface area contributed by atoms with Crippen molar-refractivity contribution in [3.8, 4) is 0 Å². The molecule has 0 unspecified atom stereocenters. The highest BCUT2D eigenvalue weighted by Gasteiger charge is 2.38. The van der Waals surface area contributed by atoms with Gasteiger partial charge < -0.3 is 5.32 Å². The van der Waals surface area contributed by atoms with E-state index in [1.54, 1.807) is 23.2 Å². The number of hydrogen-bond acceptors (Lipinski definition) is 3. The van der Waals surface area contributed by atoms with Crippen LogP contribution in [0.3, 0.4) is 0 Å². The van der Waals surface area contributed by atoms with Crippen molar-refractivity contribution in [3.63, 3.8) is 0 Å². The minimum Gasteiger partial charge on any atom is -0.360 e. The molecule has 0 bridgehead atoms. The van der Waals surface area contributed by atoms with Crippen molar-refractivity contribution in [2.75, 3.05) is 10.2 Å². The van der Waals surface area contributed by atoms with Crippen LogP contribution in [0.4, 0.5) is 11.5 Å². The third-order valence-corrected chi connectivity index (χ3v) is 5.00. The van der Waals surface area contributed by atoms with Crippen LogP contribution >= 0.6 is 27.5 Å². The molecule has 4 rings (SSSR count). The molecule has 4 nitrogen and oxygen atoms in total. The topological polar surface area (TPSA) is 45.2 Å². The Morgan fingerprint density at radius 3 is 2.56 bits per heavy atom. The molecule has 124 valence electrons. The number of rotatable bonds is 3. The Bertz CT molecular complexity index is 945. The largest absolute Gasteiger partial charge is 0.360 e. The molecule has 1 aliphatic rings. The molecule has 6 heteroatoms. The van der Waals surface area contributed by atoms with E-state index in [2.05, 4.69) is 26.2 Å². The highest BCUT2D eigenvalue weighted by atomic mass is 79.9. The molecule has 0 spiro atoms. The van der Waals surface area contributed by atoms with E-state index in [0.29, 0.717) is 16.4 Å². The maximum absolute atomic E-state index is 13.0. The van der Waals surface area contributed by atoms with Crippen LogP contribution in [-0.4, -0.2) is 10.9 Å². The second-order valence-electron chi connectivity index (χ2n) is 5.62. The molecule has 0 fully saturated rings. The lowest BCUT2D eigenvalue weighted by Crippen LogP contribution is -2.33. The number of pyridine rings is 1. The molecular formula is C19H13BrClN3O. The van der Waals surface area contributed by atoms with Crippen molar-refractivity contribution < 1.29 is 4.79 Å². The number of hydrogen-bond donors (Lipinski definition) is 1. The van der Waals surface area contributed by atoms with Gasteiger partial charge in [-0.1, -0.05) is 41.9 Å². The summed E-state index contributed by atoms with van der Waals surface area (Å²) in [6, 6.07) is 18.9. The third-order valence-electron chi connectivity index (χ3n) is 4.09. The maximum Gasteiger partial charge on any atom is 0.261 e. The van der Waals surface area contributed by atoms with Crippen molar-refractivity contribution in [3.05, 3.63) is 87.5 Å². The number of nitrogens with one attached hydrogen (secondary N) is 1. The van der Waals surface area contributed by atoms with Gasteiger partial charge in [0.25, 0.3) is 5.91 Å². The van der Waals surface area contributed by atoms with Crippen molar-refractivity contribution in [2.45, 2.75) is 6.17 Å². The smallest absolute Gasteiger partial charge is 0.261 e. The number of benzene rings is 2. The number of para-hydroxylation sites is 1. The summed E-state index contributed by atoms with van der Waals surface area (Å²) < 4.78 is 0.927. The molecule has 1 N–H and O–H groups in total. The summed E-state index contributed by atoms with van der Waals surface area (Å²) in [7, 11) is 0. The number of anilines is 2. The summed E-state index contributed by atoms with van der Waals surface area (Å²) in [4.78, 5) is 19.0. The molecule has 0 aliphatic carbocycles. The number of nitrogens with zero attached hydrogens (tertiary/aromatic N) is 2. The Balaban J connectivity index is 1.80. The van der Waals surface area contributed by atoms with E-state index < -0.39 is 0 Å². The van der Waals surface area contributed by atoms with Gasteiger partial charge in [-0.15, -0.1) is 0 Å². The zero-order valence-electron chi connectivity index (χ0n) is 13.0. The number of aromatic nitrogens is 1. The van der Waals surface area contributed by atoms with Crippen LogP contribution in [0.15, 0.2) is 71.3 Å². The average molecular weight is 415 g/mol. The van der Waals surface area contributed by atoms with E-state index in [1.807, 2.05) is 48.5 Å². The second-order valence-corrected chi connectivity index (χ2v) is 6.91. The van der Waals surface area contributed by atoms with Gasteiger partial charge in [0.2, 0.25) is 0 Å². The Morgan fingerprint density at radius 1 is 1.04 bits per heavy atom. The predicted molar refractivity (Wildman–Crippen MR) is 103 cm³/mol. The molecule has 0 saturated heterocycles. The molecule has 2 heterocycles. The number of halogens is 2. The Kier molecular flexibility index (Phi) is 4.19. The van der Waals surface area contributed by atoms with Gasteiger partial charge in [0.1, 0.15) is 12.0 Å². The lowest BCUT2D eigenvalue weighted by Gasteiger charge is -2.26. The van der Waals surface area contributed by atoms with E-state index in [1.165, 1.54) is 0 Å².